The van der Waals surface area contributed by atoms with Crippen molar-refractivity contribution >= 4 is 49.1 Å². The normalized spacial score (nSPS) is 10.3. The minimum Gasteiger partial charge on any atom is -0.383 e. The number of carbonyl (C=O) groups is 1. The molecule has 2 aromatic carbocycles. The first-order valence-corrected chi connectivity index (χ1v) is 7.44. The standard InChI is InChI=1S/C14H10Br2F2N2O/c1-19-13-10(17)4-7(5-11(13)18)14(21)20-12-6-8(15)2-3-9(12)16/h2-6,19H,1H3,(H,20,21). The van der Waals surface area contributed by atoms with E-state index in [0.29, 0.717) is 10.2 Å². The maximum Gasteiger partial charge on any atom is 0.255 e. The molecule has 0 aliphatic carbocycles. The Balaban J connectivity index is 2.31. The molecule has 0 bridgehead atoms. The lowest BCUT2D eigenvalue weighted by molar-refractivity contribution is 0.102. The molecule has 0 saturated carbocycles. The molecule has 0 atom stereocenters. The molecule has 2 rings (SSSR count). The van der Waals surface area contributed by atoms with Crippen LogP contribution in [0.2, 0.25) is 0 Å². The molecule has 0 aliphatic heterocycles. The summed E-state index contributed by atoms with van der Waals surface area (Å²) in [5, 5.41) is 4.99. The van der Waals surface area contributed by atoms with Crippen LogP contribution < -0.4 is 10.6 Å². The predicted molar refractivity (Wildman–Crippen MR) is 85.7 cm³/mol. The SMILES string of the molecule is CNc1c(F)cc(C(=O)Nc2cc(Br)ccc2Br)cc1F. The lowest BCUT2D eigenvalue weighted by Gasteiger charge is -2.10. The van der Waals surface area contributed by atoms with Crippen LogP contribution in [0.5, 0.6) is 0 Å². The summed E-state index contributed by atoms with van der Waals surface area (Å²) in [6.07, 6.45) is 0. The average Bonchev–Trinajstić information content (AvgIpc) is 2.42. The summed E-state index contributed by atoms with van der Waals surface area (Å²) < 4.78 is 28.7. The molecule has 0 spiro atoms. The first-order chi connectivity index (χ1) is 9.92. The number of halogens is 4. The first kappa shape index (κ1) is 15.9. The van der Waals surface area contributed by atoms with Gasteiger partial charge in [-0.25, -0.2) is 8.78 Å². The topological polar surface area (TPSA) is 41.1 Å². The van der Waals surface area contributed by atoms with E-state index >= 15 is 0 Å². The third-order valence-electron chi connectivity index (χ3n) is 2.73. The van der Waals surface area contributed by atoms with Gasteiger partial charge in [0.15, 0.2) is 0 Å². The van der Waals surface area contributed by atoms with Crippen molar-refractivity contribution in [2.24, 2.45) is 0 Å². The largest absolute Gasteiger partial charge is 0.383 e. The molecule has 0 unspecified atom stereocenters. The van der Waals surface area contributed by atoms with Crippen molar-refractivity contribution in [1.82, 2.24) is 0 Å². The highest BCUT2D eigenvalue weighted by molar-refractivity contribution is 9.11. The van der Waals surface area contributed by atoms with Crippen LogP contribution in [0.3, 0.4) is 0 Å². The summed E-state index contributed by atoms with van der Waals surface area (Å²) in [6.45, 7) is 0. The number of hydrogen-bond acceptors (Lipinski definition) is 2. The number of rotatable bonds is 3. The van der Waals surface area contributed by atoms with Gasteiger partial charge in [0.05, 0.1) is 5.69 Å². The molecule has 0 saturated heterocycles. The van der Waals surface area contributed by atoms with Crippen molar-refractivity contribution < 1.29 is 13.6 Å². The Morgan fingerprint density at radius 1 is 1.10 bits per heavy atom. The number of nitrogens with one attached hydrogen (secondary N) is 2. The molecule has 110 valence electrons. The lowest BCUT2D eigenvalue weighted by Crippen LogP contribution is -2.13. The molecule has 0 heterocycles. The summed E-state index contributed by atoms with van der Waals surface area (Å²) in [5.41, 5.74) is 0.124. The van der Waals surface area contributed by atoms with Gasteiger partial charge in [0, 0.05) is 21.6 Å². The van der Waals surface area contributed by atoms with Crippen LogP contribution in [0.15, 0.2) is 39.3 Å². The Hall–Kier alpha value is -1.47. The zero-order valence-corrected chi connectivity index (χ0v) is 14.0. The van der Waals surface area contributed by atoms with Gasteiger partial charge in [-0.3, -0.25) is 4.79 Å². The number of benzene rings is 2. The van der Waals surface area contributed by atoms with E-state index in [1.165, 1.54) is 7.05 Å². The monoisotopic (exact) mass is 418 g/mol. The van der Waals surface area contributed by atoms with Gasteiger partial charge in [0.1, 0.15) is 17.3 Å². The fourth-order valence-corrected chi connectivity index (χ4v) is 2.44. The Kier molecular flexibility index (Phi) is 4.95. The van der Waals surface area contributed by atoms with Gasteiger partial charge in [-0.15, -0.1) is 0 Å². The van der Waals surface area contributed by atoms with E-state index in [1.807, 2.05) is 0 Å². The second-order valence-corrected chi connectivity index (χ2v) is 5.91. The van der Waals surface area contributed by atoms with E-state index in [1.54, 1.807) is 18.2 Å². The van der Waals surface area contributed by atoms with Crippen molar-refractivity contribution in [3.05, 3.63) is 56.5 Å². The van der Waals surface area contributed by atoms with Crippen molar-refractivity contribution in [3.8, 4) is 0 Å². The van der Waals surface area contributed by atoms with E-state index in [9.17, 15) is 13.6 Å². The first-order valence-electron chi connectivity index (χ1n) is 5.85. The highest BCUT2D eigenvalue weighted by atomic mass is 79.9. The molecule has 1 amide bonds. The lowest BCUT2D eigenvalue weighted by atomic mass is 10.1. The fraction of sp³-hybridized carbons (Fsp3) is 0.0714. The highest BCUT2D eigenvalue weighted by Crippen LogP contribution is 2.27. The third-order valence-corrected chi connectivity index (χ3v) is 3.92. The molecular weight excluding hydrogens is 410 g/mol. The molecule has 2 aromatic rings. The van der Waals surface area contributed by atoms with Gasteiger partial charge in [-0.2, -0.15) is 0 Å². The molecule has 0 aromatic heterocycles. The minimum absolute atomic E-state index is 0.101. The average molecular weight is 420 g/mol. The molecule has 3 nitrogen and oxygen atoms in total. The molecule has 2 N–H and O–H groups in total. The number of amides is 1. The number of hydrogen-bond donors (Lipinski definition) is 2. The smallest absolute Gasteiger partial charge is 0.255 e. The molecule has 0 aliphatic rings. The zero-order chi connectivity index (χ0) is 15.6. The van der Waals surface area contributed by atoms with Crippen LogP contribution in [0.4, 0.5) is 20.2 Å². The Bertz CT molecular complexity index is 684. The van der Waals surface area contributed by atoms with Gasteiger partial charge in [-0.1, -0.05) is 15.9 Å². The summed E-state index contributed by atoms with van der Waals surface area (Å²) >= 11 is 6.57. The van der Waals surface area contributed by atoms with Crippen molar-refractivity contribution in [2.75, 3.05) is 17.7 Å². The van der Waals surface area contributed by atoms with Gasteiger partial charge in [0.25, 0.3) is 5.91 Å². The summed E-state index contributed by atoms with van der Waals surface area (Å²) in [5.74, 6) is -2.25. The number of carbonyl (C=O) groups excluding carboxylic acids is 1. The summed E-state index contributed by atoms with van der Waals surface area (Å²) in [4.78, 5) is 12.1. The van der Waals surface area contributed by atoms with Gasteiger partial charge in [-0.05, 0) is 46.3 Å². The van der Waals surface area contributed by atoms with Crippen LogP contribution in [0, 0.1) is 11.6 Å². The van der Waals surface area contributed by atoms with E-state index in [4.69, 9.17) is 0 Å². The Morgan fingerprint density at radius 2 is 1.71 bits per heavy atom. The second kappa shape index (κ2) is 6.53. The van der Waals surface area contributed by atoms with Gasteiger partial charge >= 0.3 is 0 Å². The quantitative estimate of drug-likeness (QED) is 0.751. The molecule has 21 heavy (non-hydrogen) atoms. The zero-order valence-electron chi connectivity index (χ0n) is 10.8. The molecule has 0 fully saturated rings. The minimum atomic E-state index is -0.823. The Morgan fingerprint density at radius 3 is 2.29 bits per heavy atom. The van der Waals surface area contributed by atoms with Crippen molar-refractivity contribution in [3.63, 3.8) is 0 Å². The van der Waals surface area contributed by atoms with Crippen molar-refractivity contribution in [1.29, 1.82) is 0 Å². The van der Waals surface area contributed by atoms with Crippen LogP contribution in [-0.2, 0) is 0 Å². The maximum atomic E-state index is 13.7. The Labute approximate surface area is 137 Å². The third kappa shape index (κ3) is 3.59. The molecular formula is C14H10Br2F2N2O. The molecule has 0 radical (unpaired) electrons. The van der Waals surface area contributed by atoms with E-state index in [2.05, 4.69) is 42.5 Å². The summed E-state index contributed by atoms with van der Waals surface area (Å²) in [6, 6.07) is 7.18. The van der Waals surface area contributed by atoms with Crippen LogP contribution >= 0.6 is 31.9 Å². The van der Waals surface area contributed by atoms with Crippen LogP contribution in [0.1, 0.15) is 10.4 Å². The van der Waals surface area contributed by atoms with Crippen LogP contribution in [-0.4, -0.2) is 13.0 Å². The van der Waals surface area contributed by atoms with Crippen molar-refractivity contribution in [2.45, 2.75) is 0 Å². The van der Waals surface area contributed by atoms with Gasteiger partial charge < -0.3 is 10.6 Å². The summed E-state index contributed by atoms with van der Waals surface area (Å²) in [7, 11) is 1.40. The molecule has 7 heteroatoms. The maximum absolute atomic E-state index is 13.7. The fourth-order valence-electron chi connectivity index (χ4n) is 1.73. The predicted octanol–water partition coefficient (Wildman–Crippen LogP) is 4.78. The van der Waals surface area contributed by atoms with Gasteiger partial charge in [0.2, 0.25) is 0 Å². The number of anilines is 2. The van der Waals surface area contributed by atoms with E-state index in [0.717, 1.165) is 16.6 Å². The van der Waals surface area contributed by atoms with Crippen LogP contribution in [0.25, 0.3) is 0 Å². The van der Waals surface area contributed by atoms with E-state index < -0.39 is 17.5 Å². The highest BCUT2D eigenvalue weighted by Gasteiger charge is 2.15. The second-order valence-electron chi connectivity index (χ2n) is 4.14. The van der Waals surface area contributed by atoms with E-state index in [-0.39, 0.29) is 11.3 Å².